The van der Waals surface area contributed by atoms with E-state index in [9.17, 15) is 4.79 Å². The molecule has 4 atom stereocenters. The van der Waals surface area contributed by atoms with Crippen LogP contribution in [-0.2, 0) is 19.0 Å². The largest absolute Gasteiger partial charge is 0.460 e. The minimum absolute atomic E-state index is 0.0615. The van der Waals surface area contributed by atoms with Gasteiger partial charge in [0.1, 0.15) is 6.61 Å². The number of fused-ring (bicyclic) bond motifs is 3. The van der Waals surface area contributed by atoms with Crippen molar-refractivity contribution in [2.45, 2.75) is 72.5 Å². The average Bonchev–Trinajstić information content (AvgIpc) is 3.19. The highest BCUT2D eigenvalue weighted by atomic mass is 16.7. The van der Waals surface area contributed by atoms with Crippen LogP contribution in [0, 0.1) is 28.6 Å². The van der Waals surface area contributed by atoms with Gasteiger partial charge in [0.15, 0.2) is 6.29 Å². The Morgan fingerprint density at radius 2 is 2.00 bits per heavy atom. The van der Waals surface area contributed by atoms with Crippen molar-refractivity contribution in [1.82, 2.24) is 0 Å². The minimum Gasteiger partial charge on any atom is -0.460 e. The summed E-state index contributed by atoms with van der Waals surface area (Å²) in [5, 5.41) is 0. The highest BCUT2D eigenvalue weighted by molar-refractivity contribution is 5.77. The number of rotatable bonds is 4. The molecule has 28 heavy (non-hydrogen) atoms. The molecule has 4 nitrogen and oxygen atoms in total. The molecule has 0 aromatic heterocycles. The fourth-order valence-corrected chi connectivity index (χ4v) is 6.40. The molecule has 4 aliphatic rings. The van der Waals surface area contributed by atoms with E-state index >= 15 is 0 Å². The molecule has 2 fully saturated rings. The summed E-state index contributed by atoms with van der Waals surface area (Å²) in [6, 6.07) is 0. The first-order chi connectivity index (χ1) is 13.3. The van der Waals surface area contributed by atoms with E-state index in [1.165, 1.54) is 24.8 Å². The SMILES string of the molecule is CC(C)C1=CC2=CCC3C(C)(C(=O)OCC4OCCO4)CCCC3(C)C2CC1. The normalized spacial score (nSPS) is 38.5. The van der Waals surface area contributed by atoms with Gasteiger partial charge in [-0.05, 0) is 67.8 Å². The molecule has 0 amide bonds. The Hall–Kier alpha value is -1.13. The van der Waals surface area contributed by atoms with Gasteiger partial charge in [0.05, 0.1) is 18.6 Å². The summed E-state index contributed by atoms with van der Waals surface area (Å²) in [5.41, 5.74) is 2.86. The lowest BCUT2D eigenvalue weighted by molar-refractivity contribution is -0.179. The van der Waals surface area contributed by atoms with Gasteiger partial charge in [0.2, 0.25) is 0 Å². The topological polar surface area (TPSA) is 44.8 Å². The number of esters is 1. The molecule has 1 heterocycles. The van der Waals surface area contributed by atoms with Crippen LogP contribution in [0.4, 0.5) is 0 Å². The molecule has 0 spiro atoms. The Kier molecular flexibility index (Phi) is 5.47. The number of allylic oxidation sites excluding steroid dienone is 4. The van der Waals surface area contributed by atoms with Crippen molar-refractivity contribution >= 4 is 5.97 Å². The Labute approximate surface area is 169 Å². The zero-order chi connectivity index (χ0) is 19.9. The lowest BCUT2D eigenvalue weighted by Gasteiger charge is -2.57. The average molecular weight is 389 g/mol. The maximum Gasteiger partial charge on any atom is 0.312 e. The lowest BCUT2D eigenvalue weighted by atomic mass is 9.47. The summed E-state index contributed by atoms with van der Waals surface area (Å²) in [6.45, 7) is 10.6. The summed E-state index contributed by atoms with van der Waals surface area (Å²) in [4.78, 5) is 13.2. The van der Waals surface area contributed by atoms with Crippen LogP contribution in [0.1, 0.15) is 66.2 Å². The van der Waals surface area contributed by atoms with Gasteiger partial charge in [-0.15, -0.1) is 0 Å². The molecule has 3 aliphatic carbocycles. The van der Waals surface area contributed by atoms with Crippen molar-refractivity contribution in [3.8, 4) is 0 Å². The summed E-state index contributed by atoms with van der Waals surface area (Å²) < 4.78 is 16.6. The third-order valence-corrected chi connectivity index (χ3v) is 8.09. The second-order valence-corrected chi connectivity index (χ2v) is 10.0. The minimum atomic E-state index is -0.421. The second kappa shape index (κ2) is 7.60. The summed E-state index contributed by atoms with van der Waals surface area (Å²) in [7, 11) is 0. The van der Waals surface area contributed by atoms with Crippen LogP contribution in [0.5, 0.6) is 0 Å². The number of hydrogen-bond acceptors (Lipinski definition) is 4. The summed E-state index contributed by atoms with van der Waals surface area (Å²) in [5.74, 6) is 1.48. The smallest absolute Gasteiger partial charge is 0.312 e. The van der Waals surface area contributed by atoms with Crippen molar-refractivity contribution in [2.24, 2.45) is 28.6 Å². The van der Waals surface area contributed by atoms with Gasteiger partial charge in [-0.1, -0.05) is 44.9 Å². The Bertz CT molecular complexity index is 672. The van der Waals surface area contributed by atoms with E-state index in [1.807, 2.05) is 0 Å². The van der Waals surface area contributed by atoms with Crippen molar-refractivity contribution in [3.05, 3.63) is 23.3 Å². The lowest BCUT2D eigenvalue weighted by Crippen LogP contribution is -2.53. The van der Waals surface area contributed by atoms with E-state index in [0.717, 1.165) is 19.3 Å². The van der Waals surface area contributed by atoms with Gasteiger partial charge in [-0.25, -0.2) is 0 Å². The highest BCUT2D eigenvalue weighted by Gasteiger charge is 2.57. The van der Waals surface area contributed by atoms with Crippen LogP contribution in [-0.4, -0.2) is 32.1 Å². The van der Waals surface area contributed by atoms with E-state index < -0.39 is 11.7 Å². The predicted octanol–water partition coefficient (Wildman–Crippen LogP) is 5.04. The van der Waals surface area contributed by atoms with Crippen LogP contribution < -0.4 is 0 Å². The molecule has 0 aromatic carbocycles. The number of hydrogen-bond donors (Lipinski definition) is 0. The number of carbonyl (C=O) groups is 1. The highest BCUT2D eigenvalue weighted by Crippen LogP contribution is 2.62. The molecular weight excluding hydrogens is 352 g/mol. The first kappa shape index (κ1) is 20.2. The molecule has 0 bridgehead atoms. The van der Waals surface area contributed by atoms with E-state index in [1.54, 1.807) is 5.57 Å². The zero-order valence-electron chi connectivity index (χ0n) is 18.0. The molecule has 0 radical (unpaired) electrons. The van der Waals surface area contributed by atoms with Crippen molar-refractivity contribution < 1.29 is 19.0 Å². The van der Waals surface area contributed by atoms with Gasteiger partial charge in [-0.3, -0.25) is 4.79 Å². The van der Waals surface area contributed by atoms with Gasteiger partial charge in [0.25, 0.3) is 0 Å². The molecule has 1 saturated carbocycles. The molecule has 0 aromatic rings. The monoisotopic (exact) mass is 388 g/mol. The Balaban J connectivity index is 1.55. The van der Waals surface area contributed by atoms with Crippen molar-refractivity contribution in [3.63, 3.8) is 0 Å². The molecule has 156 valence electrons. The molecule has 1 saturated heterocycles. The second-order valence-electron chi connectivity index (χ2n) is 10.0. The maximum atomic E-state index is 13.2. The quantitative estimate of drug-likeness (QED) is 0.633. The third-order valence-electron chi connectivity index (χ3n) is 8.09. The molecule has 0 N–H and O–H groups in total. The molecule has 4 rings (SSSR count). The van der Waals surface area contributed by atoms with E-state index in [4.69, 9.17) is 14.2 Å². The summed E-state index contributed by atoms with van der Waals surface area (Å²) in [6.07, 6.45) is 11.1. The Morgan fingerprint density at radius 3 is 2.71 bits per heavy atom. The van der Waals surface area contributed by atoms with Crippen LogP contribution in [0.15, 0.2) is 23.3 Å². The van der Waals surface area contributed by atoms with Crippen LogP contribution in [0.25, 0.3) is 0 Å². The fourth-order valence-electron chi connectivity index (χ4n) is 6.40. The first-order valence-corrected chi connectivity index (χ1v) is 11.2. The van der Waals surface area contributed by atoms with Crippen LogP contribution >= 0.6 is 0 Å². The zero-order valence-corrected chi connectivity index (χ0v) is 18.0. The van der Waals surface area contributed by atoms with Gasteiger partial charge in [0, 0.05) is 0 Å². The van der Waals surface area contributed by atoms with Crippen molar-refractivity contribution in [2.75, 3.05) is 19.8 Å². The first-order valence-electron chi connectivity index (χ1n) is 11.2. The summed E-state index contributed by atoms with van der Waals surface area (Å²) >= 11 is 0. The predicted molar refractivity (Wildman–Crippen MR) is 109 cm³/mol. The van der Waals surface area contributed by atoms with Crippen molar-refractivity contribution in [1.29, 1.82) is 0 Å². The molecular formula is C24H36O4. The Morgan fingerprint density at radius 1 is 1.25 bits per heavy atom. The molecule has 1 aliphatic heterocycles. The molecule has 4 heteroatoms. The van der Waals surface area contributed by atoms with E-state index in [2.05, 4.69) is 39.8 Å². The third kappa shape index (κ3) is 3.37. The van der Waals surface area contributed by atoms with Gasteiger partial charge < -0.3 is 14.2 Å². The number of carbonyl (C=O) groups excluding carboxylic acids is 1. The van der Waals surface area contributed by atoms with Gasteiger partial charge in [-0.2, -0.15) is 0 Å². The van der Waals surface area contributed by atoms with Crippen LogP contribution in [0.3, 0.4) is 0 Å². The van der Waals surface area contributed by atoms with Crippen LogP contribution in [0.2, 0.25) is 0 Å². The number of ether oxygens (including phenoxy) is 3. The van der Waals surface area contributed by atoms with E-state index in [0.29, 0.717) is 31.0 Å². The van der Waals surface area contributed by atoms with E-state index in [-0.39, 0.29) is 18.0 Å². The standard InChI is InChI=1S/C24H36O4/c1-16(2)17-6-8-19-18(14-17)7-9-20-23(19,3)10-5-11-24(20,4)22(25)28-15-21-26-12-13-27-21/h7,14,16,19-21H,5-6,8-13,15H2,1-4H3. The fraction of sp³-hybridized carbons (Fsp3) is 0.792. The van der Waals surface area contributed by atoms with Gasteiger partial charge >= 0.3 is 5.97 Å². The molecule has 4 unspecified atom stereocenters. The maximum absolute atomic E-state index is 13.2.